The van der Waals surface area contributed by atoms with Crippen molar-refractivity contribution in [1.29, 1.82) is 0 Å². The maximum atomic E-state index is 13.1. The fourth-order valence-corrected chi connectivity index (χ4v) is 2.18. The second-order valence-electron chi connectivity index (χ2n) is 3.82. The van der Waals surface area contributed by atoms with Crippen molar-refractivity contribution in [2.24, 2.45) is 0 Å². The fourth-order valence-electron chi connectivity index (χ4n) is 1.48. The van der Waals surface area contributed by atoms with E-state index in [0.717, 1.165) is 12.1 Å². The first-order chi connectivity index (χ1) is 9.27. The molecule has 2 aromatic carbocycles. The summed E-state index contributed by atoms with van der Waals surface area (Å²) in [6.45, 7) is 0. The van der Waals surface area contributed by atoms with Gasteiger partial charge in [0.25, 0.3) is 0 Å². The Hall–Kier alpha value is -1.08. The van der Waals surface area contributed by atoms with Gasteiger partial charge in [0.2, 0.25) is 0 Å². The summed E-state index contributed by atoms with van der Waals surface area (Å²) in [5, 5.41) is 0. The molecule has 106 valence electrons. The van der Waals surface area contributed by atoms with Crippen LogP contribution in [0.5, 0.6) is 11.5 Å². The highest BCUT2D eigenvalue weighted by Crippen LogP contribution is 2.39. The van der Waals surface area contributed by atoms with Gasteiger partial charge in [0.05, 0.1) is 10.0 Å². The van der Waals surface area contributed by atoms with E-state index in [-0.39, 0.29) is 16.0 Å². The number of hydrogen-bond donors (Lipinski definition) is 0. The van der Waals surface area contributed by atoms with Gasteiger partial charge in [-0.15, -0.1) is 0 Å². The quantitative estimate of drug-likeness (QED) is 0.535. The molecular weight excluding hydrogens is 408 g/mol. The number of rotatable bonds is 2. The number of alkyl halides is 3. The maximum Gasteiger partial charge on any atom is 0.419 e. The second-order valence-corrected chi connectivity index (χ2v) is 5.59. The lowest BCUT2D eigenvalue weighted by molar-refractivity contribution is -0.138. The van der Waals surface area contributed by atoms with Crippen LogP contribution in [-0.4, -0.2) is 0 Å². The molecule has 0 saturated heterocycles. The molecule has 2 aromatic rings. The largest absolute Gasteiger partial charge is 0.457 e. The molecule has 0 radical (unpaired) electrons. The average molecular weight is 414 g/mol. The minimum atomic E-state index is -4.53. The van der Waals surface area contributed by atoms with Gasteiger partial charge in [-0.3, -0.25) is 0 Å². The van der Waals surface area contributed by atoms with Crippen molar-refractivity contribution in [2.45, 2.75) is 6.18 Å². The van der Waals surface area contributed by atoms with Crippen LogP contribution < -0.4 is 4.74 Å². The lowest BCUT2D eigenvalue weighted by Gasteiger charge is -2.14. The van der Waals surface area contributed by atoms with Gasteiger partial charge >= 0.3 is 6.18 Å². The van der Waals surface area contributed by atoms with Gasteiger partial charge in [-0.05, 0) is 52.3 Å². The standard InChI is InChI=1S/C13H6Br2F4O/c14-7-1-3-9(13(17,18)19)12(5-7)20-8-2-4-11(16)10(15)6-8/h1-6H. The Morgan fingerprint density at radius 3 is 2.25 bits per heavy atom. The fraction of sp³-hybridized carbons (Fsp3) is 0.0769. The molecule has 0 unspecified atom stereocenters. The van der Waals surface area contributed by atoms with Crippen molar-refractivity contribution in [2.75, 3.05) is 0 Å². The summed E-state index contributed by atoms with van der Waals surface area (Å²) >= 11 is 6.03. The first-order valence-electron chi connectivity index (χ1n) is 5.27. The van der Waals surface area contributed by atoms with Crippen LogP contribution in [0.1, 0.15) is 5.56 Å². The molecule has 0 N–H and O–H groups in total. The Balaban J connectivity index is 2.42. The molecule has 20 heavy (non-hydrogen) atoms. The summed E-state index contributed by atoms with van der Waals surface area (Å²) in [7, 11) is 0. The molecular formula is C13H6Br2F4O. The Labute approximate surface area is 128 Å². The molecule has 0 saturated carbocycles. The smallest absolute Gasteiger partial charge is 0.419 e. The number of ether oxygens (including phenoxy) is 1. The third-order valence-corrected chi connectivity index (χ3v) is 3.47. The van der Waals surface area contributed by atoms with E-state index in [1.165, 1.54) is 24.3 Å². The van der Waals surface area contributed by atoms with E-state index in [0.29, 0.717) is 4.47 Å². The monoisotopic (exact) mass is 412 g/mol. The second kappa shape index (κ2) is 5.73. The highest BCUT2D eigenvalue weighted by atomic mass is 79.9. The highest BCUT2D eigenvalue weighted by Gasteiger charge is 2.34. The summed E-state index contributed by atoms with van der Waals surface area (Å²) in [5.41, 5.74) is -0.902. The summed E-state index contributed by atoms with van der Waals surface area (Å²) in [4.78, 5) is 0. The normalized spacial score (nSPS) is 11.5. The Morgan fingerprint density at radius 1 is 0.950 bits per heavy atom. The maximum absolute atomic E-state index is 13.1. The van der Waals surface area contributed by atoms with Gasteiger partial charge < -0.3 is 4.74 Å². The first kappa shape index (κ1) is 15.3. The molecule has 0 amide bonds. The van der Waals surface area contributed by atoms with E-state index in [1.807, 2.05) is 0 Å². The van der Waals surface area contributed by atoms with E-state index < -0.39 is 17.6 Å². The van der Waals surface area contributed by atoms with E-state index >= 15 is 0 Å². The third-order valence-electron chi connectivity index (χ3n) is 2.37. The van der Waals surface area contributed by atoms with Crippen molar-refractivity contribution in [1.82, 2.24) is 0 Å². The Kier molecular flexibility index (Phi) is 4.39. The molecule has 0 heterocycles. The van der Waals surface area contributed by atoms with Crippen molar-refractivity contribution in [3.05, 3.63) is 56.7 Å². The van der Waals surface area contributed by atoms with E-state index in [1.54, 1.807) is 0 Å². The van der Waals surface area contributed by atoms with E-state index in [4.69, 9.17) is 4.74 Å². The lowest BCUT2D eigenvalue weighted by Crippen LogP contribution is -2.07. The zero-order valence-corrected chi connectivity index (χ0v) is 12.8. The molecule has 0 aliphatic rings. The summed E-state index contributed by atoms with van der Waals surface area (Å²) in [5.74, 6) is -0.783. The van der Waals surface area contributed by atoms with Crippen LogP contribution in [-0.2, 0) is 6.18 Å². The molecule has 2 rings (SSSR count). The van der Waals surface area contributed by atoms with Crippen LogP contribution in [0.2, 0.25) is 0 Å². The predicted molar refractivity (Wildman–Crippen MR) is 73.3 cm³/mol. The van der Waals surface area contributed by atoms with Crippen LogP contribution in [0.3, 0.4) is 0 Å². The Bertz CT molecular complexity index is 641. The molecule has 1 nitrogen and oxygen atoms in total. The first-order valence-corrected chi connectivity index (χ1v) is 6.85. The van der Waals surface area contributed by atoms with Gasteiger partial charge in [0.1, 0.15) is 17.3 Å². The summed E-state index contributed by atoms with van der Waals surface area (Å²) < 4.78 is 57.4. The minimum absolute atomic E-state index is 0.0990. The van der Waals surface area contributed by atoms with Crippen LogP contribution in [0.25, 0.3) is 0 Å². The van der Waals surface area contributed by atoms with Crippen LogP contribution in [0, 0.1) is 5.82 Å². The van der Waals surface area contributed by atoms with Gasteiger partial charge in [-0.2, -0.15) is 13.2 Å². The van der Waals surface area contributed by atoms with Gasteiger partial charge in [-0.25, -0.2) is 4.39 Å². The van der Waals surface area contributed by atoms with Crippen molar-refractivity contribution >= 4 is 31.9 Å². The van der Waals surface area contributed by atoms with Crippen LogP contribution >= 0.6 is 31.9 Å². The zero-order chi connectivity index (χ0) is 14.9. The van der Waals surface area contributed by atoms with Crippen LogP contribution in [0.15, 0.2) is 45.3 Å². The lowest BCUT2D eigenvalue weighted by atomic mass is 10.2. The van der Waals surface area contributed by atoms with Gasteiger partial charge in [0.15, 0.2) is 0 Å². The van der Waals surface area contributed by atoms with Gasteiger partial charge in [0, 0.05) is 4.47 Å². The predicted octanol–water partition coefficient (Wildman–Crippen LogP) is 6.16. The molecule has 0 atom stereocenters. The van der Waals surface area contributed by atoms with Crippen molar-refractivity contribution in [3.8, 4) is 11.5 Å². The zero-order valence-electron chi connectivity index (χ0n) is 9.64. The molecule has 0 aliphatic heterocycles. The molecule has 7 heteroatoms. The number of benzene rings is 2. The summed E-state index contributed by atoms with van der Waals surface area (Å²) in [6.07, 6.45) is -4.53. The van der Waals surface area contributed by atoms with E-state index in [9.17, 15) is 17.6 Å². The Morgan fingerprint density at radius 2 is 1.65 bits per heavy atom. The van der Waals surface area contributed by atoms with Crippen molar-refractivity contribution < 1.29 is 22.3 Å². The van der Waals surface area contributed by atoms with Gasteiger partial charge in [-0.1, -0.05) is 15.9 Å². The SMILES string of the molecule is Fc1ccc(Oc2cc(Br)ccc2C(F)(F)F)cc1Br. The molecule has 0 spiro atoms. The topological polar surface area (TPSA) is 9.23 Å². The highest BCUT2D eigenvalue weighted by molar-refractivity contribution is 9.10. The number of halogens is 6. The minimum Gasteiger partial charge on any atom is -0.457 e. The number of hydrogen-bond acceptors (Lipinski definition) is 1. The third kappa shape index (κ3) is 3.52. The molecule has 0 aliphatic carbocycles. The molecule has 0 bridgehead atoms. The molecule has 0 aromatic heterocycles. The average Bonchev–Trinajstić information content (AvgIpc) is 2.32. The summed E-state index contributed by atoms with van der Waals surface area (Å²) in [6, 6.07) is 7.01. The van der Waals surface area contributed by atoms with Crippen molar-refractivity contribution in [3.63, 3.8) is 0 Å². The van der Waals surface area contributed by atoms with Crippen LogP contribution in [0.4, 0.5) is 17.6 Å². The molecule has 0 fully saturated rings. The van der Waals surface area contributed by atoms with E-state index in [2.05, 4.69) is 31.9 Å².